The topological polar surface area (TPSA) is 38.3 Å². The van der Waals surface area contributed by atoms with Gasteiger partial charge in [0.2, 0.25) is 0 Å². The molecule has 0 radical (unpaired) electrons. The summed E-state index contributed by atoms with van der Waals surface area (Å²) in [5.41, 5.74) is 0. The van der Waals surface area contributed by atoms with Gasteiger partial charge in [-0.2, -0.15) is 0 Å². The van der Waals surface area contributed by atoms with Crippen LogP contribution in [0.4, 0.5) is 0 Å². The van der Waals surface area contributed by atoms with Crippen LogP contribution in [0.25, 0.3) is 0 Å². The highest BCUT2D eigenvalue weighted by atomic mass is 35.5. The average molecular weight is 270 g/mol. The maximum absolute atomic E-state index is 11.7. The van der Waals surface area contributed by atoms with E-state index in [1.807, 2.05) is 0 Å². The molecule has 3 nitrogen and oxygen atoms in total. The van der Waals surface area contributed by atoms with E-state index in [4.69, 9.17) is 16.3 Å². The highest BCUT2D eigenvalue weighted by Gasteiger charge is 2.13. The number of carbonyl (C=O) groups excluding carboxylic acids is 1. The zero-order valence-corrected chi connectivity index (χ0v) is 11.8. The molecule has 0 heterocycles. The first-order valence-electron chi connectivity index (χ1n) is 6.19. The first-order chi connectivity index (χ1) is 8.49. The smallest absolute Gasteiger partial charge is 0.260 e. The Morgan fingerprint density at radius 3 is 2.44 bits per heavy atom. The molecule has 18 heavy (non-hydrogen) atoms. The second-order valence-corrected chi connectivity index (χ2v) is 5.12. The van der Waals surface area contributed by atoms with Crippen molar-refractivity contribution in [2.24, 2.45) is 5.92 Å². The van der Waals surface area contributed by atoms with Crippen LogP contribution >= 0.6 is 11.6 Å². The molecule has 0 fully saturated rings. The maximum Gasteiger partial charge on any atom is 0.260 e. The van der Waals surface area contributed by atoms with Gasteiger partial charge in [-0.3, -0.25) is 4.79 Å². The quantitative estimate of drug-likeness (QED) is 0.861. The van der Waals surface area contributed by atoms with Crippen LogP contribution in [0.3, 0.4) is 0 Å². The predicted octanol–water partition coefficient (Wildman–Crippen LogP) is 3.27. The van der Waals surface area contributed by atoms with Crippen molar-refractivity contribution in [2.75, 3.05) is 6.54 Å². The fourth-order valence-corrected chi connectivity index (χ4v) is 1.52. The van der Waals surface area contributed by atoms with Crippen LogP contribution in [0.5, 0.6) is 5.75 Å². The Balaban J connectivity index is 2.37. The predicted molar refractivity (Wildman–Crippen MR) is 74.0 cm³/mol. The number of amides is 1. The summed E-state index contributed by atoms with van der Waals surface area (Å²) < 4.78 is 5.52. The Morgan fingerprint density at radius 2 is 1.89 bits per heavy atom. The summed E-state index contributed by atoms with van der Waals surface area (Å²) in [5.74, 6) is 1.13. The van der Waals surface area contributed by atoms with Crippen LogP contribution in [-0.4, -0.2) is 18.6 Å². The molecule has 0 aliphatic rings. The van der Waals surface area contributed by atoms with Gasteiger partial charge in [-0.15, -0.1) is 0 Å². The lowest BCUT2D eigenvalue weighted by atomic mass is 10.1. The summed E-state index contributed by atoms with van der Waals surface area (Å²) in [6.45, 7) is 6.67. The van der Waals surface area contributed by atoms with E-state index in [2.05, 4.69) is 19.2 Å². The minimum Gasteiger partial charge on any atom is -0.481 e. The maximum atomic E-state index is 11.7. The average Bonchev–Trinajstić information content (AvgIpc) is 2.31. The summed E-state index contributed by atoms with van der Waals surface area (Å²) >= 11 is 5.77. The number of nitrogens with one attached hydrogen (secondary N) is 1. The fraction of sp³-hybridized carbons (Fsp3) is 0.500. The molecule has 1 aromatic rings. The van der Waals surface area contributed by atoms with Gasteiger partial charge in [0.1, 0.15) is 5.75 Å². The summed E-state index contributed by atoms with van der Waals surface area (Å²) in [6, 6.07) is 6.97. The van der Waals surface area contributed by atoms with Gasteiger partial charge < -0.3 is 10.1 Å². The van der Waals surface area contributed by atoms with Crippen molar-refractivity contribution in [2.45, 2.75) is 33.3 Å². The minimum absolute atomic E-state index is 0.0920. The van der Waals surface area contributed by atoms with E-state index in [-0.39, 0.29) is 5.91 Å². The molecule has 1 amide bonds. The molecule has 100 valence electrons. The van der Waals surface area contributed by atoms with E-state index >= 15 is 0 Å². The lowest BCUT2D eigenvalue weighted by Gasteiger charge is -2.15. The Bertz CT molecular complexity index is 376. The third-order valence-corrected chi connectivity index (χ3v) is 2.77. The molecule has 0 aromatic heterocycles. The van der Waals surface area contributed by atoms with Crippen molar-refractivity contribution < 1.29 is 9.53 Å². The van der Waals surface area contributed by atoms with Crippen molar-refractivity contribution in [3.05, 3.63) is 29.3 Å². The van der Waals surface area contributed by atoms with Gasteiger partial charge in [-0.05, 0) is 43.5 Å². The Kier molecular flexibility index (Phi) is 5.99. The number of ether oxygens (including phenoxy) is 1. The highest BCUT2D eigenvalue weighted by molar-refractivity contribution is 6.30. The Morgan fingerprint density at radius 1 is 1.28 bits per heavy atom. The van der Waals surface area contributed by atoms with Crippen LogP contribution in [-0.2, 0) is 4.79 Å². The third kappa shape index (κ3) is 5.41. The molecule has 4 heteroatoms. The third-order valence-electron chi connectivity index (χ3n) is 2.52. The van der Waals surface area contributed by atoms with Gasteiger partial charge in [0.15, 0.2) is 6.10 Å². The monoisotopic (exact) mass is 269 g/mol. The highest BCUT2D eigenvalue weighted by Crippen LogP contribution is 2.16. The fourth-order valence-electron chi connectivity index (χ4n) is 1.40. The molecule has 1 N–H and O–H groups in total. The zero-order chi connectivity index (χ0) is 13.5. The van der Waals surface area contributed by atoms with Crippen molar-refractivity contribution in [1.29, 1.82) is 0 Å². The van der Waals surface area contributed by atoms with Crippen LogP contribution in [0.15, 0.2) is 24.3 Å². The van der Waals surface area contributed by atoms with Gasteiger partial charge in [0.25, 0.3) is 5.91 Å². The number of hydrogen-bond acceptors (Lipinski definition) is 2. The van der Waals surface area contributed by atoms with Crippen molar-refractivity contribution in [1.82, 2.24) is 5.32 Å². The number of carbonyl (C=O) groups is 1. The second-order valence-electron chi connectivity index (χ2n) is 4.69. The molecular weight excluding hydrogens is 250 g/mol. The molecule has 1 atom stereocenters. The van der Waals surface area contributed by atoms with E-state index in [9.17, 15) is 4.79 Å². The summed E-state index contributed by atoms with van der Waals surface area (Å²) in [6.07, 6.45) is 0.470. The SMILES string of the molecule is CC(C)CCNC(=O)[C@@H](C)Oc1ccc(Cl)cc1. The summed E-state index contributed by atoms with van der Waals surface area (Å²) in [4.78, 5) is 11.7. The van der Waals surface area contributed by atoms with Crippen molar-refractivity contribution in [3.63, 3.8) is 0 Å². The van der Waals surface area contributed by atoms with Crippen LogP contribution < -0.4 is 10.1 Å². The Hall–Kier alpha value is -1.22. The van der Waals surface area contributed by atoms with E-state index in [0.717, 1.165) is 6.42 Å². The van der Waals surface area contributed by atoms with Gasteiger partial charge in [0, 0.05) is 11.6 Å². The van der Waals surface area contributed by atoms with Crippen LogP contribution in [0, 0.1) is 5.92 Å². The molecule has 1 rings (SSSR count). The number of rotatable bonds is 6. The molecule has 0 spiro atoms. The normalized spacial score (nSPS) is 12.3. The van der Waals surface area contributed by atoms with Crippen molar-refractivity contribution >= 4 is 17.5 Å². The molecular formula is C14H20ClNO2. The van der Waals surface area contributed by atoms with Gasteiger partial charge >= 0.3 is 0 Å². The second kappa shape index (κ2) is 7.27. The first kappa shape index (κ1) is 14.8. The van der Waals surface area contributed by atoms with Crippen LogP contribution in [0.1, 0.15) is 27.2 Å². The molecule has 0 unspecified atom stereocenters. The molecule has 0 bridgehead atoms. The minimum atomic E-state index is -0.502. The van der Waals surface area contributed by atoms with E-state index < -0.39 is 6.10 Å². The van der Waals surface area contributed by atoms with E-state index in [0.29, 0.717) is 23.2 Å². The number of hydrogen-bond donors (Lipinski definition) is 1. The number of halogens is 1. The van der Waals surface area contributed by atoms with E-state index in [1.54, 1.807) is 31.2 Å². The molecule has 0 saturated heterocycles. The number of benzene rings is 1. The summed E-state index contributed by atoms with van der Waals surface area (Å²) in [5, 5.41) is 3.50. The molecule has 0 aliphatic heterocycles. The van der Waals surface area contributed by atoms with Crippen molar-refractivity contribution in [3.8, 4) is 5.75 Å². The lowest BCUT2D eigenvalue weighted by Crippen LogP contribution is -2.37. The Labute approximate surface area is 113 Å². The summed E-state index contributed by atoms with van der Waals surface area (Å²) in [7, 11) is 0. The van der Waals surface area contributed by atoms with Gasteiger partial charge in [-0.25, -0.2) is 0 Å². The van der Waals surface area contributed by atoms with Gasteiger partial charge in [0.05, 0.1) is 0 Å². The lowest BCUT2D eigenvalue weighted by molar-refractivity contribution is -0.127. The molecule has 1 aromatic carbocycles. The molecule has 0 aliphatic carbocycles. The first-order valence-corrected chi connectivity index (χ1v) is 6.56. The standard InChI is InChI=1S/C14H20ClNO2/c1-10(2)8-9-16-14(17)11(3)18-13-6-4-12(15)5-7-13/h4-7,10-11H,8-9H2,1-3H3,(H,16,17)/t11-/m1/s1. The van der Waals surface area contributed by atoms with E-state index in [1.165, 1.54) is 0 Å². The largest absolute Gasteiger partial charge is 0.481 e. The zero-order valence-electron chi connectivity index (χ0n) is 11.1. The van der Waals surface area contributed by atoms with Gasteiger partial charge in [-0.1, -0.05) is 25.4 Å². The van der Waals surface area contributed by atoms with Crippen LogP contribution in [0.2, 0.25) is 5.02 Å². The molecule has 0 saturated carbocycles.